The van der Waals surface area contributed by atoms with E-state index >= 15 is 0 Å². The number of alkyl halides is 6. The van der Waals surface area contributed by atoms with Crippen molar-refractivity contribution >= 4 is 10.1 Å². The van der Waals surface area contributed by atoms with Crippen molar-refractivity contribution in [2.45, 2.75) is 30.4 Å². The highest BCUT2D eigenvalue weighted by Crippen LogP contribution is 2.23. The zero-order valence-corrected chi connectivity index (χ0v) is 10.1. The molecule has 0 aromatic rings. The van der Waals surface area contributed by atoms with Gasteiger partial charge in [0.2, 0.25) is 0 Å². The molecule has 0 bridgehead atoms. The number of halogens is 6. The zero-order valence-electron chi connectivity index (χ0n) is 9.33. The molecule has 0 saturated carbocycles. The highest BCUT2D eigenvalue weighted by atomic mass is 32.2. The number of hydrogen-bond donors (Lipinski definition) is 2. The summed E-state index contributed by atoms with van der Waals surface area (Å²) in [6, 6.07) is 0. The van der Waals surface area contributed by atoms with Crippen LogP contribution in [-0.2, 0) is 10.1 Å². The Kier molecular flexibility index (Phi) is 9.38. The van der Waals surface area contributed by atoms with Crippen molar-refractivity contribution in [2.24, 2.45) is 0 Å². The van der Waals surface area contributed by atoms with Crippen LogP contribution in [0, 0.1) is 0 Å². The fourth-order valence-electron chi connectivity index (χ4n) is 0.623. The summed E-state index contributed by atoms with van der Waals surface area (Å²) in [5.74, 6) is 0. The Morgan fingerprint density at radius 2 is 1.22 bits per heavy atom. The van der Waals surface area contributed by atoms with E-state index in [1.165, 1.54) is 0 Å². The lowest BCUT2D eigenvalue weighted by Crippen LogP contribution is -2.41. The van der Waals surface area contributed by atoms with E-state index in [0.29, 0.717) is 0 Å². The first-order valence-electron chi connectivity index (χ1n) is 4.39. The van der Waals surface area contributed by atoms with Gasteiger partial charge in [-0.3, -0.25) is 4.55 Å². The van der Waals surface area contributed by atoms with Gasteiger partial charge in [0.15, 0.2) is 18.5 Å². The van der Waals surface area contributed by atoms with E-state index < -0.39 is 40.6 Å². The summed E-state index contributed by atoms with van der Waals surface area (Å²) in [4.78, 5) is 0. The van der Waals surface area contributed by atoms with Gasteiger partial charge in [-0.1, -0.05) is 0 Å². The molecule has 112 valence electrons. The van der Waals surface area contributed by atoms with Gasteiger partial charge in [0.05, 0.1) is 0 Å². The van der Waals surface area contributed by atoms with Crippen molar-refractivity contribution in [3.05, 3.63) is 0 Å². The highest BCUT2D eigenvalue weighted by Gasteiger charge is 2.45. The Labute approximate surface area is 100 Å². The predicted molar refractivity (Wildman–Crippen MR) is 52.1 cm³/mol. The molecule has 0 rings (SSSR count). The maximum Gasteiger partial charge on any atom is 0.300 e. The molecule has 11 heteroatoms. The zero-order chi connectivity index (χ0) is 15.1. The summed E-state index contributed by atoms with van der Waals surface area (Å²) in [5.41, 5.74) is -3.80. The lowest BCUT2D eigenvalue weighted by molar-refractivity contribution is -0.0317. The van der Waals surface area contributed by atoms with Gasteiger partial charge < -0.3 is 5.32 Å². The molecule has 4 unspecified atom stereocenters. The third-order valence-corrected chi connectivity index (χ3v) is 2.21. The number of nitrogens with one attached hydrogen (secondary N) is 1. The smallest absolute Gasteiger partial charge is 0.300 e. The molecule has 0 aliphatic rings. The SMILES string of the molecule is CNC.O=S(=O)(O)C(F)C(F)C(F)C(F)C(F)F. The molecule has 0 aliphatic heterocycles. The van der Waals surface area contributed by atoms with Crippen LogP contribution in [0.5, 0.6) is 0 Å². The van der Waals surface area contributed by atoms with Crippen LogP contribution in [-0.4, -0.2) is 57.5 Å². The second-order valence-corrected chi connectivity index (χ2v) is 4.51. The lowest BCUT2D eigenvalue weighted by atomic mass is 10.2. The van der Waals surface area contributed by atoms with Crippen LogP contribution >= 0.6 is 0 Å². The topological polar surface area (TPSA) is 66.4 Å². The molecule has 0 aromatic carbocycles. The first kappa shape index (κ1) is 19.8. The molecule has 0 radical (unpaired) electrons. The Morgan fingerprint density at radius 1 is 0.889 bits per heavy atom. The molecule has 4 nitrogen and oxygen atoms in total. The lowest BCUT2D eigenvalue weighted by Gasteiger charge is -2.18. The molecule has 4 atom stereocenters. The Morgan fingerprint density at radius 3 is 1.44 bits per heavy atom. The number of hydrogen-bond acceptors (Lipinski definition) is 3. The summed E-state index contributed by atoms with van der Waals surface area (Å²) < 4.78 is 100.0. The minimum atomic E-state index is -5.60. The maximum absolute atomic E-state index is 12.4. The van der Waals surface area contributed by atoms with Crippen LogP contribution < -0.4 is 5.32 Å². The molecule has 0 spiro atoms. The van der Waals surface area contributed by atoms with E-state index in [2.05, 4.69) is 5.32 Å². The fourth-order valence-corrected chi connectivity index (χ4v) is 1.10. The fraction of sp³-hybridized carbons (Fsp3) is 1.00. The predicted octanol–water partition coefficient (Wildman–Crippen LogP) is 1.28. The average Bonchev–Trinajstić information content (AvgIpc) is 2.24. The molecule has 0 heterocycles. The molecule has 2 N–H and O–H groups in total. The summed E-state index contributed by atoms with van der Waals surface area (Å²) in [5, 5.41) is 2.75. The molecule has 0 aliphatic carbocycles. The minimum Gasteiger partial charge on any atom is -0.323 e. The van der Waals surface area contributed by atoms with E-state index in [0.717, 1.165) is 0 Å². The van der Waals surface area contributed by atoms with Gasteiger partial charge in [-0.25, -0.2) is 26.3 Å². The quantitative estimate of drug-likeness (QED) is 0.593. The van der Waals surface area contributed by atoms with Gasteiger partial charge >= 0.3 is 10.1 Å². The van der Waals surface area contributed by atoms with Crippen LogP contribution in [0.1, 0.15) is 0 Å². The van der Waals surface area contributed by atoms with E-state index in [4.69, 9.17) is 4.55 Å². The summed E-state index contributed by atoms with van der Waals surface area (Å²) >= 11 is 0. The van der Waals surface area contributed by atoms with E-state index in [9.17, 15) is 34.8 Å². The largest absolute Gasteiger partial charge is 0.323 e. The molecule has 0 amide bonds. The van der Waals surface area contributed by atoms with Crippen LogP contribution in [0.25, 0.3) is 0 Å². The van der Waals surface area contributed by atoms with Crippen LogP contribution in [0.15, 0.2) is 0 Å². The van der Waals surface area contributed by atoms with Crippen molar-refractivity contribution in [1.29, 1.82) is 0 Å². The molecule has 0 fully saturated rings. The summed E-state index contributed by atoms with van der Waals surface area (Å²) in [6.07, 6.45) is -15.0. The van der Waals surface area contributed by atoms with Gasteiger partial charge in [0.25, 0.3) is 11.9 Å². The van der Waals surface area contributed by atoms with Crippen molar-refractivity contribution in [1.82, 2.24) is 5.32 Å². The minimum absolute atomic E-state index is 1.88. The van der Waals surface area contributed by atoms with Gasteiger partial charge in [0, 0.05) is 0 Å². The van der Waals surface area contributed by atoms with Gasteiger partial charge in [0.1, 0.15) is 0 Å². The van der Waals surface area contributed by atoms with Crippen molar-refractivity contribution < 1.29 is 39.3 Å². The van der Waals surface area contributed by atoms with Gasteiger partial charge in [-0.15, -0.1) is 0 Å². The monoisotopic (exact) mass is 305 g/mol. The average molecular weight is 305 g/mol. The van der Waals surface area contributed by atoms with Crippen LogP contribution in [0.2, 0.25) is 0 Å². The first-order valence-corrected chi connectivity index (χ1v) is 5.90. The van der Waals surface area contributed by atoms with E-state index in [-0.39, 0.29) is 0 Å². The molecular formula is C7H13F6NO3S. The first-order chi connectivity index (χ1) is 8.00. The molecule has 18 heavy (non-hydrogen) atoms. The van der Waals surface area contributed by atoms with Crippen LogP contribution in [0.4, 0.5) is 26.3 Å². The van der Waals surface area contributed by atoms with E-state index in [1.807, 2.05) is 14.1 Å². The second kappa shape index (κ2) is 8.53. The highest BCUT2D eigenvalue weighted by molar-refractivity contribution is 7.86. The van der Waals surface area contributed by atoms with E-state index in [1.54, 1.807) is 0 Å². The summed E-state index contributed by atoms with van der Waals surface area (Å²) in [6.45, 7) is 0. The third-order valence-electron chi connectivity index (χ3n) is 1.38. The molecule has 0 aromatic heterocycles. The number of rotatable bonds is 5. The summed E-state index contributed by atoms with van der Waals surface area (Å²) in [7, 11) is -1.85. The van der Waals surface area contributed by atoms with Crippen molar-refractivity contribution in [2.75, 3.05) is 14.1 Å². The Bertz CT molecular complexity index is 314. The molecular weight excluding hydrogens is 292 g/mol. The molecule has 0 saturated heterocycles. The van der Waals surface area contributed by atoms with Crippen molar-refractivity contribution in [3.8, 4) is 0 Å². The van der Waals surface area contributed by atoms with Crippen LogP contribution in [0.3, 0.4) is 0 Å². The van der Waals surface area contributed by atoms with Crippen molar-refractivity contribution in [3.63, 3.8) is 0 Å². The van der Waals surface area contributed by atoms with Gasteiger partial charge in [-0.2, -0.15) is 8.42 Å². The normalized spacial score (nSPS) is 18.6. The standard InChI is InChI=1S/C5H6F6O3S.C2H7N/c6-1(2(7)4(9)10)3(8)5(11)15(12,13)14;1-3-2/h1-5H,(H,12,13,14);3H,1-2H3. The second-order valence-electron chi connectivity index (χ2n) is 3.03. The Hall–Kier alpha value is -0.550. The third kappa shape index (κ3) is 7.01. The Balaban J connectivity index is 0. The van der Waals surface area contributed by atoms with Gasteiger partial charge in [-0.05, 0) is 14.1 Å². The maximum atomic E-state index is 12.4.